The Kier molecular flexibility index (Phi) is 4.71. The molecule has 2 spiro atoms. The molecule has 0 aromatic carbocycles. The number of carbonyl (C=O) groups excluding carboxylic acids is 1. The van der Waals surface area contributed by atoms with Gasteiger partial charge in [0.25, 0.3) is 0 Å². The second-order valence-corrected chi connectivity index (χ2v) is 7.58. The van der Waals surface area contributed by atoms with Gasteiger partial charge in [-0.25, -0.2) is 9.97 Å². The van der Waals surface area contributed by atoms with E-state index >= 15 is 0 Å². The monoisotopic (exact) mass is 379 g/mol. The van der Waals surface area contributed by atoms with E-state index in [4.69, 9.17) is 21.1 Å². The number of hydrogen-bond acceptors (Lipinski definition) is 7. The summed E-state index contributed by atoms with van der Waals surface area (Å²) in [6, 6.07) is 1.61. The first-order valence-electron chi connectivity index (χ1n) is 9.15. The van der Waals surface area contributed by atoms with Gasteiger partial charge in [0.2, 0.25) is 5.28 Å². The van der Waals surface area contributed by atoms with Crippen molar-refractivity contribution in [1.82, 2.24) is 9.97 Å². The molecular formula is C18H22ClN3O4. The Labute approximate surface area is 156 Å². The Morgan fingerprint density at radius 3 is 2.69 bits per heavy atom. The van der Waals surface area contributed by atoms with Gasteiger partial charge in [-0.05, 0) is 43.4 Å². The molecule has 26 heavy (non-hydrogen) atoms. The molecule has 1 aromatic rings. The summed E-state index contributed by atoms with van der Waals surface area (Å²) in [5, 5.41) is 13.1. The SMILES string of the molecule is O=C1C(/C(=N/O)c2ccnc(Cl)n2)CCC[C@@]12CCCCC21OCCO1. The number of ketones is 1. The van der Waals surface area contributed by atoms with E-state index in [2.05, 4.69) is 15.1 Å². The fraction of sp³-hybridized carbons (Fsp3) is 0.667. The standard InChI is InChI=1S/C18H22ClN3O4/c19-16-20-9-5-13(21-16)14(22-24)12-4-3-7-17(15(12)23)6-1-2-8-18(17)25-10-11-26-18/h5,9,12,24H,1-4,6-8,10-11H2/b22-14-/t12?,17-/m0/s1. The minimum absolute atomic E-state index is 0.0351. The van der Waals surface area contributed by atoms with Crippen molar-refractivity contribution in [1.29, 1.82) is 0 Å². The van der Waals surface area contributed by atoms with E-state index in [1.807, 2.05) is 0 Å². The summed E-state index contributed by atoms with van der Waals surface area (Å²) in [5.41, 5.74) is -0.0599. The van der Waals surface area contributed by atoms with Crippen molar-refractivity contribution in [3.63, 3.8) is 0 Å². The van der Waals surface area contributed by atoms with E-state index in [-0.39, 0.29) is 16.8 Å². The van der Waals surface area contributed by atoms with Crippen molar-refractivity contribution in [2.75, 3.05) is 13.2 Å². The summed E-state index contributed by atoms with van der Waals surface area (Å²) in [6.07, 6.45) is 7.11. The fourth-order valence-corrected chi connectivity index (χ4v) is 5.10. The van der Waals surface area contributed by atoms with Crippen molar-refractivity contribution in [3.8, 4) is 0 Å². The second kappa shape index (κ2) is 6.87. The highest BCUT2D eigenvalue weighted by Crippen LogP contribution is 2.56. The molecule has 0 radical (unpaired) electrons. The number of Topliss-reactive ketones (excluding diaryl/α,β-unsaturated/α-hetero) is 1. The van der Waals surface area contributed by atoms with Gasteiger partial charge in [0, 0.05) is 12.6 Å². The van der Waals surface area contributed by atoms with Gasteiger partial charge in [0.15, 0.2) is 11.6 Å². The molecule has 1 aromatic heterocycles. The molecule has 1 saturated heterocycles. The summed E-state index contributed by atoms with van der Waals surface area (Å²) in [6.45, 7) is 1.03. The van der Waals surface area contributed by atoms with Crippen molar-refractivity contribution in [2.24, 2.45) is 16.5 Å². The normalized spacial score (nSPS) is 31.7. The Hall–Kier alpha value is -1.57. The maximum absolute atomic E-state index is 13.7. The highest BCUT2D eigenvalue weighted by molar-refractivity contribution is 6.28. The molecular weight excluding hydrogens is 358 g/mol. The number of oxime groups is 1. The van der Waals surface area contributed by atoms with E-state index in [0.29, 0.717) is 25.3 Å². The Bertz CT molecular complexity index is 731. The lowest BCUT2D eigenvalue weighted by atomic mass is 9.57. The number of carbonyl (C=O) groups is 1. The lowest BCUT2D eigenvalue weighted by molar-refractivity contribution is -0.255. The number of ether oxygens (including phenoxy) is 2. The second-order valence-electron chi connectivity index (χ2n) is 7.24. The summed E-state index contributed by atoms with van der Waals surface area (Å²) in [5.74, 6) is -1.35. The number of nitrogens with zero attached hydrogens (tertiary/aromatic N) is 3. The maximum Gasteiger partial charge on any atom is 0.222 e. The molecule has 140 valence electrons. The van der Waals surface area contributed by atoms with Crippen molar-refractivity contribution in [3.05, 3.63) is 23.2 Å². The summed E-state index contributed by atoms with van der Waals surface area (Å²) in [7, 11) is 0. The number of aromatic nitrogens is 2. The minimum atomic E-state index is -0.828. The van der Waals surface area contributed by atoms with Crippen LogP contribution in [0.5, 0.6) is 0 Å². The van der Waals surface area contributed by atoms with E-state index in [0.717, 1.165) is 38.5 Å². The number of halogens is 1. The Morgan fingerprint density at radius 1 is 1.23 bits per heavy atom. The zero-order valence-electron chi connectivity index (χ0n) is 14.5. The molecule has 3 aliphatic rings. The van der Waals surface area contributed by atoms with Gasteiger partial charge >= 0.3 is 0 Å². The molecule has 2 atom stereocenters. The quantitative estimate of drug-likeness (QED) is 0.367. The van der Waals surface area contributed by atoms with E-state index in [1.54, 1.807) is 6.07 Å². The molecule has 2 aliphatic carbocycles. The first-order valence-corrected chi connectivity index (χ1v) is 9.53. The Balaban J connectivity index is 1.71. The van der Waals surface area contributed by atoms with Gasteiger partial charge in [0.05, 0.1) is 30.2 Å². The average Bonchev–Trinajstić information content (AvgIpc) is 3.11. The molecule has 2 heterocycles. The van der Waals surface area contributed by atoms with Crippen LogP contribution in [0.25, 0.3) is 0 Å². The van der Waals surface area contributed by atoms with Gasteiger partial charge in [-0.3, -0.25) is 4.79 Å². The minimum Gasteiger partial charge on any atom is -0.411 e. The van der Waals surface area contributed by atoms with E-state index in [9.17, 15) is 10.0 Å². The van der Waals surface area contributed by atoms with Crippen LogP contribution in [0.2, 0.25) is 5.28 Å². The third kappa shape index (κ3) is 2.64. The van der Waals surface area contributed by atoms with E-state index < -0.39 is 17.1 Å². The molecule has 1 aliphatic heterocycles. The van der Waals surface area contributed by atoms with Crippen LogP contribution < -0.4 is 0 Å². The maximum atomic E-state index is 13.7. The highest BCUT2D eigenvalue weighted by atomic mass is 35.5. The average molecular weight is 380 g/mol. The van der Waals surface area contributed by atoms with Crippen molar-refractivity contribution < 1.29 is 19.5 Å². The smallest absolute Gasteiger partial charge is 0.222 e. The van der Waals surface area contributed by atoms with Gasteiger partial charge in [-0.1, -0.05) is 18.0 Å². The zero-order valence-corrected chi connectivity index (χ0v) is 15.2. The highest BCUT2D eigenvalue weighted by Gasteiger charge is 2.63. The first-order chi connectivity index (χ1) is 12.6. The third-order valence-electron chi connectivity index (χ3n) is 6.05. The lowest BCUT2D eigenvalue weighted by Gasteiger charge is -2.52. The molecule has 4 rings (SSSR count). The molecule has 7 nitrogen and oxygen atoms in total. The lowest BCUT2D eigenvalue weighted by Crippen LogP contribution is -2.60. The fourth-order valence-electron chi connectivity index (χ4n) is 4.95. The molecule has 2 saturated carbocycles. The van der Waals surface area contributed by atoms with Crippen LogP contribution in [-0.4, -0.2) is 45.7 Å². The van der Waals surface area contributed by atoms with Gasteiger partial charge in [0.1, 0.15) is 5.71 Å². The van der Waals surface area contributed by atoms with Gasteiger partial charge in [-0.2, -0.15) is 0 Å². The molecule has 0 amide bonds. The summed E-state index contributed by atoms with van der Waals surface area (Å²) >= 11 is 5.88. The number of fused-ring (bicyclic) bond motifs is 1. The zero-order chi connectivity index (χ0) is 18.2. The van der Waals surface area contributed by atoms with Crippen molar-refractivity contribution in [2.45, 2.75) is 50.7 Å². The van der Waals surface area contributed by atoms with Crippen LogP contribution in [0, 0.1) is 11.3 Å². The summed E-state index contributed by atoms with van der Waals surface area (Å²) in [4.78, 5) is 21.7. The summed E-state index contributed by atoms with van der Waals surface area (Å²) < 4.78 is 12.1. The van der Waals surface area contributed by atoms with Gasteiger partial charge < -0.3 is 14.7 Å². The molecule has 1 unspecified atom stereocenters. The molecule has 0 bridgehead atoms. The topological polar surface area (TPSA) is 93.9 Å². The van der Waals surface area contributed by atoms with Crippen LogP contribution in [0.1, 0.15) is 50.6 Å². The van der Waals surface area contributed by atoms with Crippen LogP contribution in [0.15, 0.2) is 17.4 Å². The number of rotatable bonds is 2. The van der Waals surface area contributed by atoms with Crippen LogP contribution >= 0.6 is 11.6 Å². The molecule has 3 fully saturated rings. The molecule has 8 heteroatoms. The Morgan fingerprint density at radius 2 is 1.96 bits per heavy atom. The van der Waals surface area contributed by atoms with E-state index in [1.165, 1.54) is 6.20 Å². The van der Waals surface area contributed by atoms with Crippen LogP contribution in [0.4, 0.5) is 0 Å². The predicted molar refractivity (Wildman–Crippen MR) is 93.2 cm³/mol. The third-order valence-corrected chi connectivity index (χ3v) is 6.24. The van der Waals surface area contributed by atoms with Gasteiger partial charge in [-0.15, -0.1) is 0 Å². The van der Waals surface area contributed by atoms with Crippen LogP contribution in [0.3, 0.4) is 0 Å². The van der Waals surface area contributed by atoms with Crippen LogP contribution in [-0.2, 0) is 14.3 Å². The first kappa shape index (κ1) is 17.8. The predicted octanol–water partition coefficient (Wildman–Crippen LogP) is 2.98. The number of hydrogen-bond donors (Lipinski definition) is 1. The largest absolute Gasteiger partial charge is 0.411 e. The molecule has 1 N–H and O–H groups in total. The van der Waals surface area contributed by atoms with Crippen molar-refractivity contribution >= 4 is 23.1 Å².